The van der Waals surface area contributed by atoms with Gasteiger partial charge in [-0.2, -0.15) is 4.98 Å². The van der Waals surface area contributed by atoms with Crippen molar-refractivity contribution >= 4 is 11.8 Å². The van der Waals surface area contributed by atoms with E-state index in [1.165, 1.54) is 16.3 Å². The lowest BCUT2D eigenvalue weighted by molar-refractivity contribution is 0.432. The van der Waals surface area contributed by atoms with Crippen LogP contribution in [0.5, 0.6) is 5.88 Å². The number of nitrogens with zero attached hydrogens (tertiary/aromatic N) is 2. The van der Waals surface area contributed by atoms with Gasteiger partial charge in [-0.15, -0.1) is 0 Å². The summed E-state index contributed by atoms with van der Waals surface area (Å²) in [5, 5.41) is 9.72. The van der Waals surface area contributed by atoms with Crippen molar-refractivity contribution in [3.05, 3.63) is 15.9 Å². The van der Waals surface area contributed by atoms with E-state index in [0.717, 1.165) is 0 Å². The molecule has 0 amide bonds. The van der Waals surface area contributed by atoms with E-state index in [1.54, 1.807) is 20.2 Å². The molecule has 12 heavy (non-hydrogen) atoms. The van der Waals surface area contributed by atoms with Crippen LogP contribution in [0.4, 0.5) is 0 Å². The topological polar surface area (TPSA) is 55.1 Å². The summed E-state index contributed by atoms with van der Waals surface area (Å²) in [7, 11) is 1.63. The predicted molar refractivity (Wildman–Crippen MR) is 47.7 cm³/mol. The Morgan fingerprint density at radius 2 is 2.17 bits per heavy atom. The zero-order valence-corrected chi connectivity index (χ0v) is 7.97. The second-order valence-electron chi connectivity index (χ2n) is 2.41. The van der Waals surface area contributed by atoms with Gasteiger partial charge in [-0.05, 0) is 13.2 Å². The van der Waals surface area contributed by atoms with Crippen LogP contribution >= 0.6 is 11.8 Å². The molecular weight excluding hydrogens is 176 g/mol. The largest absolute Gasteiger partial charge is 0.493 e. The summed E-state index contributed by atoms with van der Waals surface area (Å²) in [6.07, 6.45) is 1.80. The summed E-state index contributed by atoms with van der Waals surface area (Å²) in [5.74, 6) is -0.178. The van der Waals surface area contributed by atoms with Gasteiger partial charge in [0, 0.05) is 7.05 Å². The van der Waals surface area contributed by atoms with Gasteiger partial charge < -0.3 is 5.11 Å². The Bertz CT molecular complexity index is 359. The van der Waals surface area contributed by atoms with Gasteiger partial charge in [-0.25, -0.2) is 0 Å². The number of aromatic hydroxyl groups is 1. The molecule has 0 aliphatic rings. The molecule has 0 saturated heterocycles. The molecule has 0 aromatic carbocycles. The molecule has 66 valence electrons. The Hall–Kier alpha value is -0.970. The summed E-state index contributed by atoms with van der Waals surface area (Å²) in [5.41, 5.74) is 0.0853. The van der Waals surface area contributed by atoms with Gasteiger partial charge >= 0.3 is 0 Å². The van der Waals surface area contributed by atoms with Gasteiger partial charge in [0.2, 0.25) is 5.88 Å². The summed E-state index contributed by atoms with van der Waals surface area (Å²) in [4.78, 5) is 15.2. The molecule has 0 spiro atoms. The quantitative estimate of drug-likeness (QED) is 0.513. The van der Waals surface area contributed by atoms with Gasteiger partial charge in [-0.3, -0.25) is 9.36 Å². The van der Waals surface area contributed by atoms with Crippen LogP contribution in [-0.2, 0) is 7.05 Å². The molecule has 0 saturated carbocycles. The second kappa shape index (κ2) is 3.18. The first-order chi connectivity index (χ1) is 5.57. The number of hydrogen-bond donors (Lipinski definition) is 1. The smallest absolute Gasteiger partial charge is 0.260 e. The molecule has 0 radical (unpaired) electrons. The van der Waals surface area contributed by atoms with E-state index in [4.69, 9.17) is 0 Å². The fraction of sp³-hybridized carbons (Fsp3) is 0.429. The van der Waals surface area contributed by atoms with E-state index in [1.807, 2.05) is 0 Å². The zero-order chi connectivity index (χ0) is 9.30. The molecule has 1 N–H and O–H groups in total. The monoisotopic (exact) mass is 186 g/mol. The SMILES string of the molecule is CSc1nc(O)c(C)c(=O)n1C. The molecule has 5 heteroatoms. The molecule has 1 heterocycles. The predicted octanol–water partition coefficient (Wildman–Crippen LogP) is 0.516. The third-order valence-electron chi connectivity index (χ3n) is 1.63. The highest BCUT2D eigenvalue weighted by Gasteiger charge is 2.08. The highest BCUT2D eigenvalue weighted by molar-refractivity contribution is 7.98. The lowest BCUT2D eigenvalue weighted by Gasteiger charge is -2.05. The Morgan fingerprint density at radius 3 is 2.67 bits per heavy atom. The molecule has 0 aliphatic heterocycles. The second-order valence-corrected chi connectivity index (χ2v) is 3.18. The van der Waals surface area contributed by atoms with Crippen LogP contribution in [0.25, 0.3) is 0 Å². The Labute approximate surface area is 74.3 Å². The van der Waals surface area contributed by atoms with Crippen molar-refractivity contribution in [3.63, 3.8) is 0 Å². The summed E-state index contributed by atoms with van der Waals surface area (Å²) in [6.45, 7) is 1.55. The summed E-state index contributed by atoms with van der Waals surface area (Å²) < 4.78 is 1.42. The van der Waals surface area contributed by atoms with Crippen LogP contribution in [0.1, 0.15) is 5.56 Å². The molecule has 0 bridgehead atoms. The minimum absolute atomic E-state index is 0.178. The molecule has 1 rings (SSSR count). The van der Waals surface area contributed by atoms with Crippen LogP contribution in [-0.4, -0.2) is 20.9 Å². The molecule has 1 aromatic heterocycles. The number of rotatable bonds is 1. The minimum atomic E-state index is -0.202. The molecule has 1 aromatic rings. The van der Waals surface area contributed by atoms with Gasteiger partial charge in [0.15, 0.2) is 5.16 Å². The molecule has 0 aliphatic carbocycles. The third kappa shape index (κ3) is 1.32. The molecular formula is C7H10N2O2S. The van der Waals surface area contributed by atoms with Crippen molar-refractivity contribution in [1.82, 2.24) is 9.55 Å². The van der Waals surface area contributed by atoms with E-state index < -0.39 is 0 Å². The maximum atomic E-state index is 11.3. The van der Waals surface area contributed by atoms with Crippen LogP contribution < -0.4 is 5.56 Å². The van der Waals surface area contributed by atoms with Crippen molar-refractivity contribution in [3.8, 4) is 5.88 Å². The van der Waals surface area contributed by atoms with E-state index in [9.17, 15) is 9.90 Å². The summed E-state index contributed by atoms with van der Waals surface area (Å²) in [6, 6.07) is 0. The first-order valence-electron chi connectivity index (χ1n) is 3.38. The average molecular weight is 186 g/mol. The number of hydrogen-bond acceptors (Lipinski definition) is 4. The Kier molecular flexibility index (Phi) is 2.42. The van der Waals surface area contributed by atoms with Crippen molar-refractivity contribution < 1.29 is 5.11 Å². The van der Waals surface area contributed by atoms with Gasteiger partial charge in [0.1, 0.15) is 0 Å². The van der Waals surface area contributed by atoms with Crippen LogP contribution in [0, 0.1) is 6.92 Å². The first kappa shape index (κ1) is 9.12. The maximum Gasteiger partial charge on any atom is 0.260 e. The first-order valence-corrected chi connectivity index (χ1v) is 4.61. The summed E-state index contributed by atoms with van der Waals surface area (Å²) >= 11 is 1.32. The van der Waals surface area contributed by atoms with Gasteiger partial charge in [-0.1, -0.05) is 11.8 Å². The van der Waals surface area contributed by atoms with Crippen LogP contribution in [0.15, 0.2) is 9.95 Å². The fourth-order valence-corrected chi connectivity index (χ4v) is 1.40. The molecule has 0 fully saturated rings. The van der Waals surface area contributed by atoms with Crippen LogP contribution in [0.3, 0.4) is 0 Å². The molecule has 0 atom stereocenters. The van der Waals surface area contributed by atoms with E-state index in [0.29, 0.717) is 5.16 Å². The van der Waals surface area contributed by atoms with Crippen LogP contribution in [0.2, 0.25) is 0 Å². The average Bonchev–Trinajstić information content (AvgIpc) is 2.08. The normalized spacial score (nSPS) is 10.2. The Balaban J connectivity index is 3.50. The molecule has 0 unspecified atom stereocenters. The van der Waals surface area contributed by atoms with E-state index in [2.05, 4.69) is 4.98 Å². The van der Waals surface area contributed by atoms with Crippen molar-refractivity contribution in [2.24, 2.45) is 7.05 Å². The fourth-order valence-electron chi connectivity index (χ4n) is 0.866. The van der Waals surface area contributed by atoms with Gasteiger partial charge in [0.05, 0.1) is 5.56 Å². The van der Waals surface area contributed by atoms with E-state index in [-0.39, 0.29) is 17.0 Å². The third-order valence-corrected chi connectivity index (χ3v) is 2.36. The number of aromatic nitrogens is 2. The zero-order valence-electron chi connectivity index (χ0n) is 7.16. The van der Waals surface area contributed by atoms with Crippen molar-refractivity contribution in [2.75, 3.05) is 6.26 Å². The van der Waals surface area contributed by atoms with Crippen molar-refractivity contribution in [1.29, 1.82) is 0 Å². The highest BCUT2D eigenvalue weighted by atomic mass is 32.2. The molecule has 4 nitrogen and oxygen atoms in total. The number of thioether (sulfide) groups is 1. The standard InChI is InChI=1S/C7H10N2O2S/c1-4-5(10)8-7(12-3)9(2)6(4)11/h10H,1-3H3. The van der Waals surface area contributed by atoms with Gasteiger partial charge in [0.25, 0.3) is 5.56 Å². The maximum absolute atomic E-state index is 11.3. The lowest BCUT2D eigenvalue weighted by Crippen LogP contribution is -2.21. The Morgan fingerprint density at radius 1 is 1.58 bits per heavy atom. The van der Waals surface area contributed by atoms with Crippen molar-refractivity contribution in [2.45, 2.75) is 12.1 Å². The highest BCUT2D eigenvalue weighted by Crippen LogP contribution is 2.14. The van der Waals surface area contributed by atoms with E-state index >= 15 is 0 Å². The lowest BCUT2D eigenvalue weighted by atomic mass is 10.4. The minimum Gasteiger partial charge on any atom is -0.493 e.